The van der Waals surface area contributed by atoms with Crippen molar-refractivity contribution in [2.45, 2.75) is 58.4 Å². The minimum absolute atomic E-state index is 0.411. The van der Waals surface area contributed by atoms with Crippen LogP contribution in [0.1, 0.15) is 52.4 Å². The summed E-state index contributed by atoms with van der Waals surface area (Å²) >= 11 is 0. The summed E-state index contributed by atoms with van der Waals surface area (Å²) in [5, 5.41) is 3.53. The van der Waals surface area contributed by atoms with E-state index in [1.165, 1.54) is 38.5 Å². The van der Waals surface area contributed by atoms with Crippen molar-refractivity contribution in [3.63, 3.8) is 0 Å². The zero-order valence-electron chi connectivity index (χ0n) is 13.1. The van der Waals surface area contributed by atoms with E-state index < -0.39 is 0 Å². The van der Waals surface area contributed by atoms with Crippen LogP contribution in [0.15, 0.2) is 0 Å². The van der Waals surface area contributed by atoms with Crippen molar-refractivity contribution in [3.05, 3.63) is 0 Å². The smallest absolute Gasteiger partial charge is 0.226 e. The average molecular weight is 278 g/mol. The lowest BCUT2D eigenvalue weighted by atomic mass is 9.97. The molecule has 3 atom stereocenters. The van der Waals surface area contributed by atoms with Crippen molar-refractivity contribution in [1.82, 2.24) is 10.2 Å². The molecule has 1 saturated heterocycles. The lowest BCUT2D eigenvalue weighted by molar-refractivity contribution is -0.135. The average Bonchev–Trinajstić information content (AvgIpc) is 3.19. The second-order valence-electron chi connectivity index (χ2n) is 7.49. The summed E-state index contributed by atoms with van der Waals surface area (Å²) < 4.78 is 0. The highest BCUT2D eigenvalue weighted by Gasteiger charge is 2.55. The first kappa shape index (κ1) is 14.4. The van der Waals surface area contributed by atoms with Gasteiger partial charge in [-0.15, -0.1) is 0 Å². The van der Waals surface area contributed by atoms with Crippen LogP contribution < -0.4 is 5.32 Å². The Morgan fingerprint density at radius 2 is 1.85 bits per heavy atom. The predicted molar refractivity (Wildman–Crippen MR) is 81.4 cm³/mol. The van der Waals surface area contributed by atoms with Crippen LogP contribution in [0, 0.1) is 23.7 Å². The highest BCUT2D eigenvalue weighted by Crippen LogP contribution is 2.56. The number of nitrogens with zero attached hydrogens (tertiary/aromatic N) is 1. The van der Waals surface area contributed by atoms with Crippen molar-refractivity contribution < 1.29 is 4.79 Å². The maximum absolute atomic E-state index is 12.7. The van der Waals surface area contributed by atoms with Gasteiger partial charge in [-0.05, 0) is 50.0 Å². The first-order valence-corrected chi connectivity index (χ1v) is 8.69. The first-order chi connectivity index (χ1) is 9.66. The molecule has 2 saturated carbocycles. The summed E-state index contributed by atoms with van der Waals surface area (Å²) in [6.07, 6.45) is 7.80. The standard InChI is InChI=1S/C17H30N2O/c1-12(2)18-10-13-6-5-9-19(11-13)17(20)16-14-7-3-4-8-15(14)16/h12-16,18H,3-11H2,1-2H3. The van der Waals surface area contributed by atoms with Gasteiger partial charge in [-0.1, -0.05) is 26.7 Å². The third kappa shape index (κ3) is 3.03. The van der Waals surface area contributed by atoms with Crippen LogP contribution in [0.5, 0.6) is 0 Å². The Kier molecular flexibility index (Phi) is 4.34. The molecule has 1 heterocycles. The molecule has 0 aromatic rings. The van der Waals surface area contributed by atoms with Gasteiger partial charge in [0.05, 0.1) is 0 Å². The summed E-state index contributed by atoms with van der Waals surface area (Å²) in [5.74, 6) is 3.08. The molecular formula is C17H30N2O. The van der Waals surface area contributed by atoms with E-state index in [2.05, 4.69) is 24.1 Å². The molecule has 0 aromatic heterocycles. The van der Waals surface area contributed by atoms with Gasteiger partial charge in [0.25, 0.3) is 0 Å². The number of piperidine rings is 1. The highest BCUT2D eigenvalue weighted by atomic mass is 16.2. The Morgan fingerprint density at radius 3 is 2.50 bits per heavy atom. The molecule has 1 amide bonds. The van der Waals surface area contributed by atoms with Crippen LogP contribution in [0.4, 0.5) is 0 Å². The lowest BCUT2D eigenvalue weighted by Crippen LogP contribution is -2.44. The summed E-state index contributed by atoms with van der Waals surface area (Å²) in [6.45, 7) is 7.46. The van der Waals surface area contributed by atoms with Crippen LogP contribution in [0.2, 0.25) is 0 Å². The SMILES string of the molecule is CC(C)NCC1CCCN(C(=O)C2C3CCCCC32)C1. The number of nitrogens with one attached hydrogen (secondary N) is 1. The number of fused-ring (bicyclic) bond motifs is 1. The van der Waals surface area contributed by atoms with E-state index in [4.69, 9.17) is 0 Å². The number of amides is 1. The van der Waals surface area contributed by atoms with Gasteiger partial charge < -0.3 is 10.2 Å². The molecule has 2 aliphatic carbocycles. The van der Waals surface area contributed by atoms with Crippen LogP contribution in [-0.2, 0) is 4.79 Å². The molecule has 3 rings (SSSR count). The number of carbonyl (C=O) groups excluding carboxylic acids is 1. The fourth-order valence-corrected chi connectivity index (χ4v) is 4.40. The molecule has 3 nitrogen and oxygen atoms in total. The Balaban J connectivity index is 1.50. The van der Waals surface area contributed by atoms with Crippen molar-refractivity contribution >= 4 is 5.91 Å². The van der Waals surface area contributed by atoms with E-state index in [1.807, 2.05) is 0 Å². The van der Waals surface area contributed by atoms with Crippen molar-refractivity contribution in [2.24, 2.45) is 23.7 Å². The second kappa shape index (κ2) is 6.05. The van der Waals surface area contributed by atoms with Crippen LogP contribution in [0.25, 0.3) is 0 Å². The monoisotopic (exact) mass is 278 g/mol. The van der Waals surface area contributed by atoms with E-state index in [1.54, 1.807) is 0 Å². The quantitative estimate of drug-likeness (QED) is 0.857. The van der Waals surface area contributed by atoms with Crippen LogP contribution >= 0.6 is 0 Å². The Hall–Kier alpha value is -0.570. The predicted octanol–water partition coefficient (Wildman–Crippen LogP) is 2.66. The first-order valence-electron chi connectivity index (χ1n) is 8.69. The Bertz CT molecular complexity index is 343. The summed E-state index contributed by atoms with van der Waals surface area (Å²) in [4.78, 5) is 14.9. The van der Waals surface area contributed by atoms with Crippen molar-refractivity contribution in [3.8, 4) is 0 Å². The number of likely N-dealkylation sites (tertiary alicyclic amines) is 1. The molecule has 0 bridgehead atoms. The molecule has 0 aromatic carbocycles. The number of hydrogen-bond acceptors (Lipinski definition) is 2. The number of rotatable bonds is 4. The largest absolute Gasteiger partial charge is 0.342 e. The zero-order chi connectivity index (χ0) is 14.1. The normalized spacial score (nSPS) is 36.9. The molecule has 3 fully saturated rings. The maximum Gasteiger partial charge on any atom is 0.226 e. The summed E-state index contributed by atoms with van der Waals surface area (Å²) in [6, 6.07) is 0.548. The molecule has 20 heavy (non-hydrogen) atoms. The molecule has 3 heteroatoms. The van der Waals surface area contributed by atoms with E-state index in [-0.39, 0.29) is 0 Å². The molecule has 1 aliphatic heterocycles. The van der Waals surface area contributed by atoms with Crippen LogP contribution in [-0.4, -0.2) is 36.5 Å². The summed E-state index contributed by atoms with van der Waals surface area (Å²) in [5.41, 5.74) is 0. The number of carbonyl (C=O) groups is 1. The van der Waals surface area contributed by atoms with Crippen molar-refractivity contribution in [1.29, 1.82) is 0 Å². The molecule has 0 radical (unpaired) electrons. The molecule has 114 valence electrons. The fraction of sp³-hybridized carbons (Fsp3) is 0.941. The molecule has 3 aliphatic rings. The zero-order valence-corrected chi connectivity index (χ0v) is 13.1. The van der Waals surface area contributed by atoms with Gasteiger partial charge >= 0.3 is 0 Å². The topological polar surface area (TPSA) is 32.3 Å². The van der Waals surface area contributed by atoms with Gasteiger partial charge in [-0.3, -0.25) is 4.79 Å². The van der Waals surface area contributed by atoms with Gasteiger partial charge in [-0.2, -0.15) is 0 Å². The van der Waals surface area contributed by atoms with Gasteiger partial charge in [0.1, 0.15) is 0 Å². The second-order valence-corrected chi connectivity index (χ2v) is 7.49. The third-order valence-corrected chi connectivity index (χ3v) is 5.59. The van der Waals surface area contributed by atoms with Crippen LogP contribution in [0.3, 0.4) is 0 Å². The van der Waals surface area contributed by atoms with Crippen molar-refractivity contribution in [2.75, 3.05) is 19.6 Å². The molecule has 3 unspecified atom stereocenters. The molecule has 1 N–H and O–H groups in total. The van der Waals surface area contributed by atoms with E-state index in [0.29, 0.717) is 23.8 Å². The number of hydrogen-bond donors (Lipinski definition) is 1. The maximum atomic E-state index is 12.7. The van der Waals surface area contributed by atoms with Gasteiger partial charge in [0.15, 0.2) is 0 Å². The lowest BCUT2D eigenvalue weighted by Gasteiger charge is -2.33. The van der Waals surface area contributed by atoms with E-state index in [0.717, 1.165) is 31.5 Å². The third-order valence-electron chi connectivity index (χ3n) is 5.59. The van der Waals surface area contributed by atoms with E-state index >= 15 is 0 Å². The Labute approximate surface area is 123 Å². The fourth-order valence-electron chi connectivity index (χ4n) is 4.40. The van der Waals surface area contributed by atoms with Gasteiger partial charge in [0, 0.05) is 25.0 Å². The Morgan fingerprint density at radius 1 is 1.15 bits per heavy atom. The summed E-state index contributed by atoms with van der Waals surface area (Å²) in [7, 11) is 0. The minimum Gasteiger partial charge on any atom is -0.342 e. The molecule has 0 spiro atoms. The highest BCUT2D eigenvalue weighted by molar-refractivity contribution is 5.82. The molecular weight excluding hydrogens is 248 g/mol. The van der Waals surface area contributed by atoms with E-state index in [9.17, 15) is 4.79 Å². The van der Waals surface area contributed by atoms with Gasteiger partial charge in [0.2, 0.25) is 5.91 Å². The van der Waals surface area contributed by atoms with Gasteiger partial charge in [-0.25, -0.2) is 0 Å². The minimum atomic E-state index is 0.411.